The first kappa shape index (κ1) is 26.7. The van der Waals surface area contributed by atoms with Gasteiger partial charge in [0.25, 0.3) is 5.91 Å². The standard InChI is InChI=1S/C28H26ClN3O3S2/c1-3-34-26-14-20(7-12-25(26)35-16-21-6-4-5-19(2)13-21)15-30-32-27(33)18-37-28-31-24(17-36-28)22-8-10-23(29)11-9-22/h4-15,17H,3,16,18H2,1-2H3,(H,32,33)/b30-15+. The van der Waals surface area contributed by atoms with Crippen LogP contribution < -0.4 is 14.9 Å². The fraction of sp³-hybridized carbons (Fsp3) is 0.179. The summed E-state index contributed by atoms with van der Waals surface area (Å²) in [5.74, 6) is 1.28. The van der Waals surface area contributed by atoms with Crippen LogP contribution in [-0.2, 0) is 11.4 Å². The number of thioether (sulfide) groups is 1. The monoisotopic (exact) mass is 551 g/mol. The zero-order valence-electron chi connectivity index (χ0n) is 20.4. The lowest BCUT2D eigenvalue weighted by Crippen LogP contribution is -2.19. The van der Waals surface area contributed by atoms with Crippen LogP contribution in [0.5, 0.6) is 11.5 Å². The Morgan fingerprint density at radius 3 is 2.73 bits per heavy atom. The second kappa shape index (κ2) is 13.3. The fourth-order valence-corrected chi connectivity index (χ4v) is 5.12. The summed E-state index contributed by atoms with van der Waals surface area (Å²) in [5.41, 5.74) is 7.47. The van der Waals surface area contributed by atoms with Crippen molar-refractivity contribution in [2.24, 2.45) is 5.10 Å². The largest absolute Gasteiger partial charge is 0.490 e. The van der Waals surface area contributed by atoms with E-state index in [0.717, 1.165) is 26.7 Å². The smallest absolute Gasteiger partial charge is 0.250 e. The van der Waals surface area contributed by atoms with Gasteiger partial charge < -0.3 is 9.47 Å². The molecule has 0 unspecified atom stereocenters. The third-order valence-corrected chi connectivity index (χ3v) is 7.37. The van der Waals surface area contributed by atoms with Gasteiger partial charge in [0.2, 0.25) is 0 Å². The van der Waals surface area contributed by atoms with Gasteiger partial charge in [0.15, 0.2) is 15.8 Å². The molecule has 1 aromatic heterocycles. The topological polar surface area (TPSA) is 72.8 Å². The van der Waals surface area contributed by atoms with E-state index in [-0.39, 0.29) is 11.7 Å². The molecule has 0 aliphatic carbocycles. The van der Waals surface area contributed by atoms with E-state index in [2.05, 4.69) is 34.6 Å². The molecule has 4 rings (SSSR count). The molecule has 1 heterocycles. The van der Waals surface area contributed by atoms with Gasteiger partial charge in [-0.2, -0.15) is 5.10 Å². The number of thiazole rings is 1. The van der Waals surface area contributed by atoms with Gasteiger partial charge in [-0.1, -0.05) is 65.3 Å². The molecule has 0 bridgehead atoms. The van der Waals surface area contributed by atoms with Crippen LogP contribution in [0.2, 0.25) is 5.02 Å². The number of aromatic nitrogens is 1. The van der Waals surface area contributed by atoms with Crippen LogP contribution in [0.3, 0.4) is 0 Å². The van der Waals surface area contributed by atoms with Gasteiger partial charge in [-0.25, -0.2) is 10.4 Å². The average Bonchev–Trinajstić information content (AvgIpc) is 3.37. The molecule has 0 saturated heterocycles. The van der Waals surface area contributed by atoms with Gasteiger partial charge in [0, 0.05) is 16.0 Å². The number of rotatable bonds is 11. The summed E-state index contributed by atoms with van der Waals surface area (Å²) in [7, 11) is 0. The molecular formula is C28H26ClN3O3S2. The molecule has 1 amide bonds. The Labute approximate surface area is 229 Å². The maximum atomic E-state index is 12.3. The van der Waals surface area contributed by atoms with Crippen molar-refractivity contribution in [1.29, 1.82) is 0 Å². The number of carbonyl (C=O) groups excluding carboxylic acids is 1. The number of hydrogen-bond acceptors (Lipinski definition) is 7. The zero-order valence-corrected chi connectivity index (χ0v) is 22.8. The summed E-state index contributed by atoms with van der Waals surface area (Å²) in [6, 6.07) is 21.3. The number of hydrazone groups is 1. The maximum absolute atomic E-state index is 12.3. The van der Waals surface area contributed by atoms with Gasteiger partial charge in [-0.15, -0.1) is 11.3 Å². The first-order valence-electron chi connectivity index (χ1n) is 11.6. The third kappa shape index (κ3) is 8.08. The fourth-order valence-electron chi connectivity index (χ4n) is 3.37. The Balaban J connectivity index is 1.28. The molecule has 37 heavy (non-hydrogen) atoms. The van der Waals surface area contributed by atoms with Crippen molar-refractivity contribution in [2.75, 3.05) is 12.4 Å². The number of ether oxygens (including phenoxy) is 2. The van der Waals surface area contributed by atoms with Crippen LogP contribution in [0.25, 0.3) is 11.3 Å². The number of nitrogens with zero attached hydrogens (tertiary/aromatic N) is 2. The lowest BCUT2D eigenvalue weighted by molar-refractivity contribution is -0.118. The Morgan fingerprint density at radius 2 is 1.95 bits per heavy atom. The SMILES string of the molecule is CCOc1cc(/C=N/NC(=O)CSc2nc(-c3ccc(Cl)cc3)cs2)ccc1OCc1cccc(C)c1. The predicted molar refractivity (Wildman–Crippen MR) is 152 cm³/mol. The first-order chi connectivity index (χ1) is 18.0. The van der Waals surface area contributed by atoms with E-state index in [9.17, 15) is 4.79 Å². The van der Waals surface area contributed by atoms with Crippen LogP contribution in [0.1, 0.15) is 23.6 Å². The molecule has 0 fully saturated rings. The highest BCUT2D eigenvalue weighted by Crippen LogP contribution is 2.30. The number of carbonyl (C=O) groups is 1. The molecule has 190 valence electrons. The number of aryl methyl sites for hydroxylation is 1. The number of amides is 1. The second-order valence-corrected chi connectivity index (χ2v) is 10.5. The number of benzene rings is 3. The number of halogens is 1. The highest BCUT2D eigenvalue weighted by atomic mass is 35.5. The molecule has 6 nitrogen and oxygen atoms in total. The second-order valence-electron chi connectivity index (χ2n) is 8.00. The lowest BCUT2D eigenvalue weighted by atomic mass is 10.1. The number of nitrogens with one attached hydrogen (secondary N) is 1. The van der Waals surface area contributed by atoms with Crippen molar-refractivity contribution in [3.63, 3.8) is 0 Å². The summed E-state index contributed by atoms with van der Waals surface area (Å²) < 4.78 is 12.6. The van der Waals surface area contributed by atoms with Gasteiger partial charge >= 0.3 is 0 Å². The summed E-state index contributed by atoms with van der Waals surface area (Å²) >= 11 is 8.81. The summed E-state index contributed by atoms with van der Waals surface area (Å²) in [6.45, 7) is 4.93. The van der Waals surface area contributed by atoms with Gasteiger partial charge in [0.05, 0.1) is 24.3 Å². The van der Waals surface area contributed by atoms with E-state index < -0.39 is 0 Å². The van der Waals surface area contributed by atoms with E-state index in [1.807, 2.05) is 66.9 Å². The molecule has 0 atom stereocenters. The Morgan fingerprint density at radius 1 is 1.11 bits per heavy atom. The van der Waals surface area contributed by atoms with Crippen molar-refractivity contribution in [2.45, 2.75) is 24.8 Å². The zero-order chi connectivity index (χ0) is 26.0. The van der Waals surface area contributed by atoms with E-state index in [1.165, 1.54) is 28.7 Å². The van der Waals surface area contributed by atoms with Crippen molar-refractivity contribution < 1.29 is 14.3 Å². The normalized spacial score (nSPS) is 11.0. The molecule has 3 aromatic carbocycles. The van der Waals surface area contributed by atoms with Crippen molar-refractivity contribution in [1.82, 2.24) is 10.4 Å². The highest BCUT2D eigenvalue weighted by Gasteiger charge is 2.09. The highest BCUT2D eigenvalue weighted by molar-refractivity contribution is 8.01. The Kier molecular flexibility index (Phi) is 9.59. The van der Waals surface area contributed by atoms with Crippen LogP contribution in [0.4, 0.5) is 0 Å². The summed E-state index contributed by atoms with van der Waals surface area (Å²) in [4.78, 5) is 16.8. The number of hydrogen-bond donors (Lipinski definition) is 1. The van der Waals surface area contributed by atoms with Crippen molar-refractivity contribution in [3.05, 3.63) is 93.8 Å². The predicted octanol–water partition coefficient (Wildman–Crippen LogP) is 6.99. The van der Waals surface area contributed by atoms with Crippen LogP contribution >= 0.6 is 34.7 Å². The van der Waals surface area contributed by atoms with Crippen LogP contribution in [-0.4, -0.2) is 29.5 Å². The molecule has 0 aliphatic rings. The van der Waals surface area contributed by atoms with Crippen LogP contribution in [0.15, 0.2) is 81.6 Å². The molecule has 0 aliphatic heterocycles. The minimum atomic E-state index is -0.215. The molecule has 4 aromatic rings. The molecule has 9 heteroatoms. The summed E-state index contributed by atoms with van der Waals surface area (Å²) in [6.07, 6.45) is 1.58. The Hall–Kier alpha value is -3.33. The van der Waals surface area contributed by atoms with E-state index >= 15 is 0 Å². The van der Waals surface area contributed by atoms with Crippen molar-refractivity contribution >= 4 is 46.8 Å². The van der Waals surface area contributed by atoms with Gasteiger partial charge in [-0.05, 0) is 55.3 Å². The Bertz CT molecular complexity index is 1370. The average molecular weight is 552 g/mol. The quantitative estimate of drug-likeness (QED) is 0.123. The third-order valence-electron chi connectivity index (χ3n) is 5.10. The molecular weight excluding hydrogens is 526 g/mol. The maximum Gasteiger partial charge on any atom is 0.250 e. The van der Waals surface area contributed by atoms with Gasteiger partial charge in [0.1, 0.15) is 6.61 Å². The summed E-state index contributed by atoms with van der Waals surface area (Å²) in [5, 5.41) is 6.73. The van der Waals surface area contributed by atoms with E-state index in [4.69, 9.17) is 21.1 Å². The minimum Gasteiger partial charge on any atom is -0.490 e. The molecule has 0 radical (unpaired) electrons. The van der Waals surface area contributed by atoms with Gasteiger partial charge in [-0.3, -0.25) is 4.79 Å². The van der Waals surface area contributed by atoms with Crippen molar-refractivity contribution in [3.8, 4) is 22.8 Å². The first-order valence-corrected chi connectivity index (χ1v) is 13.9. The van der Waals surface area contributed by atoms with E-state index in [1.54, 1.807) is 6.21 Å². The van der Waals surface area contributed by atoms with Crippen LogP contribution in [0, 0.1) is 6.92 Å². The lowest BCUT2D eigenvalue weighted by Gasteiger charge is -2.13. The minimum absolute atomic E-state index is 0.209. The molecule has 0 saturated carbocycles. The molecule has 1 N–H and O–H groups in total. The van der Waals surface area contributed by atoms with E-state index in [0.29, 0.717) is 29.7 Å². The molecule has 0 spiro atoms.